The van der Waals surface area contributed by atoms with E-state index in [1.165, 1.54) is 25.4 Å². The molecule has 23 heavy (non-hydrogen) atoms. The number of aliphatic carboxylic acids is 2. The second-order valence-corrected chi connectivity index (χ2v) is 6.15. The fourth-order valence-electron chi connectivity index (χ4n) is 2.40. The van der Waals surface area contributed by atoms with Crippen LogP contribution in [0.2, 0.25) is 5.02 Å². The number of aromatic nitrogens is 1. The van der Waals surface area contributed by atoms with Gasteiger partial charge in [-0.2, -0.15) is 0 Å². The Bertz CT molecular complexity index is 756. The second kappa shape index (κ2) is 6.31. The topological polar surface area (TPSA) is 108 Å². The quantitative estimate of drug-likeness (QED) is 0.764. The summed E-state index contributed by atoms with van der Waals surface area (Å²) in [4.78, 5) is 26.9. The van der Waals surface area contributed by atoms with Crippen LogP contribution in [0.1, 0.15) is 24.5 Å². The van der Waals surface area contributed by atoms with Crippen LogP contribution < -0.4 is 0 Å². The van der Waals surface area contributed by atoms with Crippen molar-refractivity contribution < 1.29 is 24.9 Å². The molecule has 1 aliphatic rings. The summed E-state index contributed by atoms with van der Waals surface area (Å²) >= 11 is 12.2. The van der Waals surface area contributed by atoms with Gasteiger partial charge in [-0.1, -0.05) is 29.3 Å². The third kappa shape index (κ3) is 3.10. The number of aliphatic hydroxyl groups is 1. The van der Waals surface area contributed by atoms with Gasteiger partial charge >= 0.3 is 11.9 Å². The number of carbonyl (C=O) groups is 2. The van der Waals surface area contributed by atoms with E-state index in [2.05, 4.69) is 4.98 Å². The Labute approximate surface area is 141 Å². The van der Waals surface area contributed by atoms with Gasteiger partial charge in [0.15, 0.2) is 0 Å². The van der Waals surface area contributed by atoms with E-state index in [9.17, 15) is 24.9 Å². The first-order valence-electron chi connectivity index (χ1n) is 6.53. The molecule has 0 spiro atoms. The maximum Gasteiger partial charge on any atom is 0.333 e. The molecule has 1 atom stereocenters. The van der Waals surface area contributed by atoms with Gasteiger partial charge in [-0.15, -0.1) is 0 Å². The molecule has 0 fully saturated rings. The monoisotopic (exact) mass is 357 g/mol. The van der Waals surface area contributed by atoms with Gasteiger partial charge in [-0.25, -0.2) is 4.79 Å². The van der Waals surface area contributed by atoms with Gasteiger partial charge in [0.05, 0.1) is 27.6 Å². The van der Waals surface area contributed by atoms with Gasteiger partial charge < -0.3 is 15.3 Å². The molecule has 1 aliphatic carbocycles. The van der Waals surface area contributed by atoms with Crippen LogP contribution in [-0.4, -0.2) is 32.2 Å². The fourth-order valence-corrected chi connectivity index (χ4v) is 2.92. The van der Waals surface area contributed by atoms with Gasteiger partial charge in [0, 0.05) is 29.9 Å². The molecule has 0 bridgehead atoms. The normalized spacial score (nSPS) is 21.1. The first-order valence-corrected chi connectivity index (χ1v) is 7.29. The summed E-state index contributed by atoms with van der Waals surface area (Å²) in [6, 6.07) is 0. The number of rotatable bonds is 4. The van der Waals surface area contributed by atoms with Crippen molar-refractivity contribution in [2.75, 3.05) is 0 Å². The molecule has 0 saturated heterocycles. The van der Waals surface area contributed by atoms with Crippen molar-refractivity contribution in [1.29, 1.82) is 0 Å². The van der Waals surface area contributed by atoms with Crippen molar-refractivity contribution in [2.24, 2.45) is 5.41 Å². The van der Waals surface area contributed by atoms with E-state index in [0.29, 0.717) is 11.1 Å². The van der Waals surface area contributed by atoms with Crippen LogP contribution in [0.5, 0.6) is 0 Å². The van der Waals surface area contributed by atoms with Crippen molar-refractivity contribution in [3.8, 4) is 0 Å². The highest BCUT2D eigenvalue weighted by Gasteiger charge is 2.40. The molecule has 0 saturated carbocycles. The lowest BCUT2D eigenvalue weighted by Crippen LogP contribution is -2.30. The van der Waals surface area contributed by atoms with Gasteiger partial charge in [-0.05, 0) is 12.5 Å². The Kier molecular flexibility index (Phi) is 4.79. The molecule has 0 radical (unpaired) electrons. The van der Waals surface area contributed by atoms with E-state index < -0.39 is 24.0 Å². The Morgan fingerprint density at radius 3 is 2.48 bits per heavy atom. The van der Waals surface area contributed by atoms with Crippen LogP contribution in [0.25, 0.3) is 5.57 Å². The Balaban J connectivity index is 2.76. The van der Waals surface area contributed by atoms with Crippen molar-refractivity contribution in [1.82, 2.24) is 4.98 Å². The molecule has 6 nitrogen and oxygen atoms in total. The molecule has 122 valence electrons. The van der Waals surface area contributed by atoms with E-state index in [1.54, 1.807) is 0 Å². The summed E-state index contributed by atoms with van der Waals surface area (Å²) in [7, 11) is 0. The van der Waals surface area contributed by atoms with Gasteiger partial charge in [0.2, 0.25) is 0 Å². The molecule has 1 aromatic rings. The van der Waals surface area contributed by atoms with E-state index in [-0.39, 0.29) is 27.6 Å². The SMILES string of the molecule is CC1(C(=O)O)C=C(c2cncc(Cl)c2CO)C(Cl)=C(C(=O)O)C1. The molecule has 0 aliphatic heterocycles. The molecule has 3 N–H and O–H groups in total. The number of carboxylic acid groups (broad SMARTS) is 2. The molecule has 1 heterocycles. The van der Waals surface area contributed by atoms with Gasteiger partial charge in [0.25, 0.3) is 0 Å². The zero-order chi connectivity index (χ0) is 17.4. The van der Waals surface area contributed by atoms with Crippen molar-refractivity contribution in [3.05, 3.63) is 45.2 Å². The van der Waals surface area contributed by atoms with Crippen molar-refractivity contribution in [3.63, 3.8) is 0 Å². The third-order valence-electron chi connectivity index (χ3n) is 3.71. The minimum atomic E-state index is -1.45. The Hall–Kier alpha value is -1.89. The number of allylic oxidation sites excluding steroid dienone is 2. The van der Waals surface area contributed by atoms with E-state index in [1.807, 2.05) is 0 Å². The summed E-state index contributed by atoms with van der Waals surface area (Å²) in [5.74, 6) is -2.48. The minimum Gasteiger partial charge on any atom is -0.481 e. The zero-order valence-electron chi connectivity index (χ0n) is 12.0. The van der Waals surface area contributed by atoms with E-state index in [0.717, 1.165) is 0 Å². The average molecular weight is 358 g/mol. The molecule has 8 heteroatoms. The molecule has 1 aromatic heterocycles. The number of halogens is 2. The lowest BCUT2D eigenvalue weighted by molar-refractivity contribution is -0.145. The number of pyridine rings is 1. The molecule has 1 unspecified atom stereocenters. The Morgan fingerprint density at radius 2 is 1.96 bits per heavy atom. The van der Waals surface area contributed by atoms with E-state index >= 15 is 0 Å². The standard InChI is InChI=1S/C15H13Cl2NO5/c1-15(14(22)23)2-7(12(17)8(3-15)13(20)21)9-4-18-5-11(16)10(9)6-19/h2,4-5,19H,3,6H2,1H3,(H,20,21)(H,22,23). The van der Waals surface area contributed by atoms with Crippen LogP contribution in [-0.2, 0) is 16.2 Å². The van der Waals surface area contributed by atoms with Crippen LogP contribution in [0.15, 0.2) is 29.1 Å². The molecule has 0 amide bonds. The van der Waals surface area contributed by atoms with Gasteiger partial charge in [0.1, 0.15) is 0 Å². The van der Waals surface area contributed by atoms with E-state index in [4.69, 9.17) is 23.2 Å². The van der Waals surface area contributed by atoms with Crippen molar-refractivity contribution in [2.45, 2.75) is 20.0 Å². The predicted molar refractivity (Wildman–Crippen MR) is 84.0 cm³/mol. The largest absolute Gasteiger partial charge is 0.481 e. The number of aliphatic hydroxyl groups excluding tert-OH is 1. The molecular weight excluding hydrogens is 345 g/mol. The van der Waals surface area contributed by atoms with Crippen molar-refractivity contribution >= 4 is 40.7 Å². The number of hydrogen-bond donors (Lipinski definition) is 3. The van der Waals surface area contributed by atoms with Crippen LogP contribution in [0.4, 0.5) is 0 Å². The minimum absolute atomic E-state index is 0.0880. The fraction of sp³-hybridized carbons (Fsp3) is 0.267. The molecule has 0 aromatic carbocycles. The third-order valence-corrected chi connectivity index (χ3v) is 4.47. The smallest absolute Gasteiger partial charge is 0.333 e. The lowest BCUT2D eigenvalue weighted by atomic mass is 9.76. The highest BCUT2D eigenvalue weighted by Crippen LogP contribution is 2.44. The summed E-state index contributed by atoms with van der Waals surface area (Å²) in [6.45, 7) is 0.975. The first kappa shape index (κ1) is 17.5. The highest BCUT2D eigenvalue weighted by atomic mass is 35.5. The maximum atomic E-state index is 11.6. The number of carboxylic acids is 2. The van der Waals surface area contributed by atoms with Crippen LogP contribution in [0, 0.1) is 5.41 Å². The van der Waals surface area contributed by atoms with Crippen LogP contribution in [0.3, 0.4) is 0 Å². The summed E-state index contributed by atoms with van der Waals surface area (Å²) < 4.78 is 0. The predicted octanol–water partition coefficient (Wildman–Crippen LogP) is 2.68. The van der Waals surface area contributed by atoms with Crippen LogP contribution >= 0.6 is 23.2 Å². The summed E-state index contributed by atoms with van der Waals surface area (Å²) in [6.07, 6.45) is 3.81. The summed E-state index contributed by atoms with van der Waals surface area (Å²) in [5.41, 5.74) is -0.880. The highest BCUT2D eigenvalue weighted by molar-refractivity contribution is 6.39. The van der Waals surface area contributed by atoms with Gasteiger partial charge in [-0.3, -0.25) is 9.78 Å². The first-order chi connectivity index (χ1) is 10.7. The lowest BCUT2D eigenvalue weighted by Gasteiger charge is -2.29. The molecule has 2 rings (SSSR count). The summed E-state index contributed by atoms with van der Waals surface area (Å²) in [5, 5.41) is 28.3. The second-order valence-electron chi connectivity index (χ2n) is 5.36. The number of nitrogens with zero attached hydrogens (tertiary/aromatic N) is 1. The Morgan fingerprint density at radius 1 is 1.30 bits per heavy atom. The average Bonchev–Trinajstić information content (AvgIpc) is 2.48. The number of hydrogen-bond acceptors (Lipinski definition) is 4. The maximum absolute atomic E-state index is 11.6. The zero-order valence-corrected chi connectivity index (χ0v) is 13.5. The molecular formula is C15H13Cl2NO5.